The lowest BCUT2D eigenvalue weighted by molar-refractivity contribution is -0.132. The fourth-order valence-electron chi connectivity index (χ4n) is 2.12. The smallest absolute Gasteiger partial charge is 0.332 e. The van der Waals surface area contributed by atoms with Crippen molar-refractivity contribution in [1.29, 1.82) is 0 Å². The van der Waals surface area contributed by atoms with E-state index >= 15 is 0 Å². The number of aryl methyl sites for hydroxylation is 1. The first kappa shape index (κ1) is 9.00. The van der Waals surface area contributed by atoms with Crippen LogP contribution >= 0.6 is 0 Å². The SMILES string of the molecule is CC1=C(C(=O)O)Cc2cccc(C)c21. The van der Waals surface area contributed by atoms with Crippen LogP contribution in [0.15, 0.2) is 23.8 Å². The Hall–Kier alpha value is -1.57. The molecule has 1 aliphatic rings. The van der Waals surface area contributed by atoms with E-state index in [-0.39, 0.29) is 0 Å². The summed E-state index contributed by atoms with van der Waals surface area (Å²) in [5, 5.41) is 8.99. The van der Waals surface area contributed by atoms with Gasteiger partial charge in [0.25, 0.3) is 0 Å². The monoisotopic (exact) mass is 188 g/mol. The lowest BCUT2D eigenvalue weighted by Crippen LogP contribution is -2.00. The Morgan fingerprint density at radius 3 is 2.64 bits per heavy atom. The number of carboxylic acid groups (broad SMARTS) is 1. The van der Waals surface area contributed by atoms with Crippen LogP contribution in [0.5, 0.6) is 0 Å². The normalized spacial score (nSPS) is 14.4. The van der Waals surface area contributed by atoms with Crippen molar-refractivity contribution in [3.8, 4) is 0 Å². The Labute approximate surface area is 82.9 Å². The summed E-state index contributed by atoms with van der Waals surface area (Å²) < 4.78 is 0. The Morgan fingerprint density at radius 2 is 2.07 bits per heavy atom. The van der Waals surface area contributed by atoms with Gasteiger partial charge in [0, 0.05) is 12.0 Å². The molecule has 1 aliphatic carbocycles. The van der Waals surface area contributed by atoms with Gasteiger partial charge in [0.05, 0.1) is 0 Å². The summed E-state index contributed by atoms with van der Waals surface area (Å²) in [6.07, 6.45) is 0.568. The van der Waals surface area contributed by atoms with Crippen LogP contribution < -0.4 is 0 Å². The van der Waals surface area contributed by atoms with Crippen LogP contribution in [0, 0.1) is 6.92 Å². The zero-order valence-corrected chi connectivity index (χ0v) is 8.29. The molecule has 0 spiro atoms. The number of aliphatic carboxylic acids is 1. The van der Waals surface area contributed by atoms with Gasteiger partial charge < -0.3 is 5.11 Å². The van der Waals surface area contributed by atoms with E-state index in [4.69, 9.17) is 5.11 Å². The first-order chi connectivity index (χ1) is 6.61. The zero-order valence-electron chi connectivity index (χ0n) is 8.29. The highest BCUT2D eigenvalue weighted by Gasteiger charge is 2.23. The molecule has 0 amide bonds. The van der Waals surface area contributed by atoms with Crippen molar-refractivity contribution in [2.45, 2.75) is 20.3 Å². The Bertz CT molecular complexity index is 442. The minimum atomic E-state index is -0.793. The predicted molar refractivity (Wildman–Crippen MR) is 55.1 cm³/mol. The van der Waals surface area contributed by atoms with Gasteiger partial charge in [-0.2, -0.15) is 0 Å². The molecule has 0 saturated heterocycles. The third kappa shape index (κ3) is 1.15. The number of hydrogen-bond donors (Lipinski definition) is 1. The number of fused-ring (bicyclic) bond motifs is 1. The number of allylic oxidation sites excluding steroid dienone is 1. The first-order valence-electron chi connectivity index (χ1n) is 4.63. The molecule has 0 fully saturated rings. The van der Waals surface area contributed by atoms with E-state index in [9.17, 15) is 4.79 Å². The molecule has 0 radical (unpaired) electrons. The van der Waals surface area contributed by atoms with E-state index in [0.29, 0.717) is 12.0 Å². The van der Waals surface area contributed by atoms with Gasteiger partial charge in [-0.3, -0.25) is 0 Å². The Morgan fingerprint density at radius 1 is 1.36 bits per heavy atom. The average Bonchev–Trinajstić information content (AvgIpc) is 2.45. The topological polar surface area (TPSA) is 37.3 Å². The highest BCUT2D eigenvalue weighted by molar-refractivity contribution is 5.99. The van der Waals surface area contributed by atoms with Crippen molar-refractivity contribution in [3.63, 3.8) is 0 Å². The van der Waals surface area contributed by atoms with Gasteiger partial charge in [-0.25, -0.2) is 4.79 Å². The molecule has 0 aromatic heterocycles. The summed E-state index contributed by atoms with van der Waals surface area (Å²) in [7, 11) is 0. The quantitative estimate of drug-likeness (QED) is 0.734. The maximum Gasteiger partial charge on any atom is 0.332 e. The van der Waals surface area contributed by atoms with Crippen molar-refractivity contribution < 1.29 is 9.90 Å². The number of rotatable bonds is 1. The fraction of sp³-hybridized carbons (Fsp3) is 0.250. The molecule has 0 bridgehead atoms. The van der Waals surface area contributed by atoms with Gasteiger partial charge in [-0.1, -0.05) is 18.2 Å². The van der Waals surface area contributed by atoms with Crippen LogP contribution in [-0.2, 0) is 11.2 Å². The standard InChI is InChI=1S/C12H12O2/c1-7-4-3-5-9-6-10(12(13)14)8(2)11(7)9/h3-5H,6H2,1-2H3,(H,13,14). The van der Waals surface area contributed by atoms with Crippen molar-refractivity contribution in [2.24, 2.45) is 0 Å². The predicted octanol–water partition coefficient (Wildman–Crippen LogP) is 2.41. The van der Waals surface area contributed by atoms with Gasteiger partial charge in [-0.15, -0.1) is 0 Å². The molecule has 0 unspecified atom stereocenters. The van der Waals surface area contributed by atoms with Crippen LogP contribution in [0.2, 0.25) is 0 Å². The molecular weight excluding hydrogens is 176 g/mol. The molecule has 0 aliphatic heterocycles. The summed E-state index contributed by atoms with van der Waals surface area (Å²) in [6, 6.07) is 6.00. The average molecular weight is 188 g/mol. The van der Waals surface area contributed by atoms with E-state index in [1.54, 1.807) is 0 Å². The largest absolute Gasteiger partial charge is 0.478 e. The van der Waals surface area contributed by atoms with Gasteiger partial charge in [0.1, 0.15) is 0 Å². The molecule has 2 nitrogen and oxygen atoms in total. The first-order valence-corrected chi connectivity index (χ1v) is 4.63. The summed E-state index contributed by atoms with van der Waals surface area (Å²) >= 11 is 0. The number of carboxylic acids is 1. The fourth-order valence-corrected chi connectivity index (χ4v) is 2.12. The lowest BCUT2D eigenvalue weighted by Gasteiger charge is -2.04. The van der Waals surface area contributed by atoms with Crippen molar-refractivity contribution >= 4 is 11.5 Å². The third-order valence-corrected chi connectivity index (χ3v) is 2.81. The van der Waals surface area contributed by atoms with Crippen molar-refractivity contribution in [2.75, 3.05) is 0 Å². The molecule has 2 heteroatoms. The molecular formula is C12H12O2. The van der Waals surface area contributed by atoms with E-state index in [2.05, 4.69) is 0 Å². The minimum absolute atomic E-state index is 0.536. The third-order valence-electron chi connectivity index (χ3n) is 2.81. The number of hydrogen-bond acceptors (Lipinski definition) is 1. The highest BCUT2D eigenvalue weighted by Crippen LogP contribution is 2.34. The molecule has 0 heterocycles. The summed E-state index contributed by atoms with van der Waals surface area (Å²) in [6.45, 7) is 3.91. The summed E-state index contributed by atoms with van der Waals surface area (Å²) in [5.74, 6) is -0.793. The molecule has 1 aromatic carbocycles. The molecule has 0 atom stereocenters. The van der Waals surface area contributed by atoms with E-state index in [0.717, 1.165) is 22.3 Å². The molecule has 2 rings (SSSR count). The second-order valence-electron chi connectivity index (χ2n) is 3.69. The van der Waals surface area contributed by atoms with Crippen LogP contribution in [0.1, 0.15) is 23.6 Å². The Kier molecular flexibility index (Phi) is 1.92. The zero-order chi connectivity index (χ0) is 10.3. The van der Waals surface area contributed by atoms with E-state index < -0.39 is 5.97 Å². The van der Waals surface area contributed by atoms with Crippen molar-refractivity contribution in [3.05, 3.63) is 40.5 Å². The maximum atomic E-state index is 10.9. The summed E-state index contributed by atoms with van der Waals surface area (Å²) in [4.78, 5) is 10.9. The second kappa shape index (κ2) is 2.98. The lowest BCUT2D eigenvalue weighted by atomic mass is 10.0. The second-order valence-corrected chi connectivity index (χ2v) is 3.69. The van der Waals surface area contributed by atoms with Crippen LogP contribution in [0.4, 0.5) is 0 Å². The van der Waals surface area contributed by atoms with Gasteiger partial charge in [0.15, 0.2) is 0 Å². The van der Waals surface area contributed by atoms with E-state index in [1.807, 2.05) is 32.0 Å². The highest BCUT2D eigenvalue weighted by atomic mass is 16.4. The van der Waals surface area contributed by atoms with Crippen LogP contribution in [-0.4, -0.2) is 11.1 Å². The van der Waals surface area contributed by atoms with E-state index in [1.165, 1.54) is 0 Å². The molecule has 0 saturated carbocycles. The maximum absolute atomic E-state index is 10.9. The molecule has 1 N–H and O–H groups in total. The van der Waals surface area contributed by atoms with Crippen molar-refractivity contribution in [1.82, 2.24) is 0 Å². The molecule has 14 heavy (non-hydrogen) atoms. The van der Waals surface area contributed by atoms with Gasteiger partial charge in [0.2, 0.25) is 0 Å². The minimum Gasteiger partial charge on any atom is -0.478 e. The van der Waals surface area contributed by atoms with Crippen LogP contribution in [0.25, 0.3) is 5.57 Å². The van der Waals surface area contributed by atoms with Gasteiger partial charge >= 0.3 is 5.97 Å². The van der Waals surface area contributed by atoms with Crippen LogP contribution in [0.3, 0.4) is 0 Å². The number of carbonyl (C=O) groups is 1. The van der Waals surface area contributed by atoms with Gasteiger partial charge in [-0.05, 0) is 36.1 Å². The Balaban J connectivity index is 2.61. The molecule has 72 valence electrons. The molecule has 1 aromatic rings. The number of benzene rings is 1. The summed E-state index contributed by atoms with van der Waals surface area (Å²) in [5.41, 5.74) is 4.89.